The first-order chi connectivity index (χ1) is 11.0. The van der Waals surface area contributed by atoms with Gasteiger partial charge in [0.15, 0.2) is 17.3 Å². The summed E-state index contributed by atoms with van der Waals surface area (Å²) in [6.45, 7) is 1.50. The third-order valence-electron chi connectivity index (χ3n) is 3.31. The minimum Gasteiger partial charge on any atom is -0.454 e. The summed E-state index contributed by atoms with van der Waals surface area (Å²) in [5, 5.41) is 3.02. The van der Waals surface area contributed by atoms with Crippen molar-refractivity contribution in [1.29, 1.82) is 0 Å². The third kappa shape index (κ3) is 3.18. The van der Waals surface area contributed by atoms with Crippen LogP contribution in [0.2, 0.25) is 5.02 Å². The van der Waals surface area contributed by atoms with Gasteiger partial charge in [-0.2, -0.15) is 0 Å². The van der Waals surface area contributed by atoms with Gasteiger partial charge in [0.25, 0.3) is 5.91 Å². The fourth-order valence-electron chi connectivity index (χ4n) is 2.20. The van der Waals surface area contributed by atoms with Crippen LogP contribution in [-0.2, 0) is 0 Å². The van der Waals surface area contributed by atoms with Gasteiger partial charge in [-0.25, -0.2) is 0 Å². The number of hydrogen-bond acceptors (Lipinski definition) is 4. The van der Waals surface area contributed by atoms with E-state index in [4.69, 9.17) is 21.1 Å². The SMILES string of the molecule is CC(=O)c1cc2c(cc1NC(=O)c1cc(Br)ccc1Cl)OCO2. The Morgan fingerprint density at radius 1 is 1.13 bits per heavy atom. The highest BCUT2D eigenvalue weighted by Crippen LogP contribution is 2.37. The molecule has 1 heterocycles. The molecule has 0 aliphatic carbocycles. The number of fused-ring (bicyclic) bond motifs is 1. The number of ketones is 1. The fourth-order valence-corrected chi connectivity index (χ4v) is 2.76. The third-order valence-corrected chi connectivity index (χ3v) is 4.14. The van der Waals surface area contributed by atoms with Gasteiger partial charge < -0.3 is 14.8 Å². The largest absolute Gasteiger partial charge is 0.454 e. The Morgan fingerprint density at radius 2 is 1.83 bits per heavy atom. The lowest BCUT2D eigenvalue weighted by molar-refractivity contribution is 0.101. The monoisotopic (exact) mass is 395 g/mol. The number of benzene rings is 2. The van der Waals surface area contributed by atoms with Crippen LogP contribution in [0.3, 0.4) is 0 Å². The molecule has 0 aromatic heterocycles. The molecule has 3 rings (SSSR count). The van der Waals surface area contributed by atoms with Crippen LogP contribution in [0.15, 0.2) is 34.8 Å². The molecular formula is C16H11BrClNO4. The molecule has 0 radical (unpaired) electrons. The zero-order chi connectivity index (χ0) is 16.6. The van der Waals surface area contributed by atoms with Gasteiger partial charge in [0.1, 0.15) is 0 Å². The van der Waals surface area contributed by atoms with Crippen LogP contribution in [0.4, 0.5) is 5.69 Å². The number of Topliss-reactive ketones (excluding diaryl/α,β-unsaturated/α-hetero) is 1. The number of carbonyl (C=O) groups is 2. The van der Waals surface area contributed by atoms with Gasteiger partial charge in [0.2, 0.25) is 6.79 Å². The first-order valence-corrected chi connectivity index (χ1v) is 7.84. The van der Waals surface area contributed by atoms with Gasteiger partial charge in [-0.15, -0.1) is 0 Å². The Kier molecular flexibility index (Phi) is 4.28. The van der Waals surface area contributed by atoms with Gasteiger partial charge >= 0.3 is 0 Å². The zero-order valence-corrected chi connectivity index (χ0v) is 14.3. The maximum atomic E-state index is 12.5. The van der Waals surface area contributed by atoms with E-state index in [0.717, 1.165) is 4.47 Å². The van der Waals surface area contributed by atoms with Gasteiger partial charge in [-0.3, -0.25) is 9.59 Å². The molecular weight excluding hydrogens is 386 g/mol. The summed E-state index contributed by atoms with van der Waals surface area (Å²) in [6.07, 6.45) is 0. The van der Waals surface area contributed by atoms with Crippen molar-refractivity contribution in [2.45, 2.75) is 6.92 Å². The van der Waals surface area contributed by atoms with Gasteiger partial charge in [0.05, 0.1) is 16.3 Å². The average molecular weight is 397 g/mol. The van der Waals surface area contributed by atoms with Crippen LogP contribution in [0.25, 0.3) is 0 Å². The second-order valence-corrected chi connectivity index (χ2v) is 6.21. The fraction of sp³-hybridized carbons (Fsp3) is 0.125. The predicted molar refractivity (Wildman–Crippen MR) is 89.7 cm³/mol. The Hall–Kier alpha value is -2.05. The Labute approximate surface area is 145 Å². The van der Waals surface area contributed by atoms with E-state index >= 15 is 0 Å². The molecule has 2 aromatic rings. The van der Waals surface area contributed by atoms with Crippen LogP contribution in [0.5, 0.6) is 11.5 Å². The van der Waals surface area contributed by atoms with Crippen molar-refractivity contribution in [2.24, 2.45) is 0 Å². The summed E-state index contributed by atoms with van der Waals surface area (Å²) >= 11 is 9.36. The van der Waals surface area contributed by atoms with E-state index in [1.165, 1.54) is 6.92 Å². The summed E-state index contributed by atoms with van der Waals surface area (Å²) in [5.41, 5.74) is 0.990. The van der Waals surface area contributed by atoms with Crippen LogP contribution in [0.1, 0.15) is 27.6 Å². The van der Waals surface area contributed by atoms with Crippen molar-refractivity contribution < 1.29 is 19.1 Å². The van der Waals surface area contributed by atoms with Crippen LogP contribution in [0, 0.1) is 0 Å². The molecule has 1 aliphatic rings. The zero-order valence-electron chi connectivity index (χ0n) is 12.0. The second-order valence-electron chi connectivity index (χ2n) is 4.89. The topological polar surface area (TPSA) is 64.6 Å². The molecule has 0 saturated carbocycles. The highest BCUT2D eigenvalue weighted by molar-refractivity contribution is 9.10. The quantitative estimate of drug-likeness (QED) is 0.786. The number of carbonyl (C=O) groups excluding carboxylic acids is 2. The summed E-state index contributed by atoms with van der Waals surface area (Å²) in [7, 11) is 0. The number of anilines is 1. The molecule has 0 spiro atoms. The molecule has 23 heavy (non-hydrogen) atoms. The lowest BCUT2D eigenvalue weighted by atomic mass is 10.1. The summed E-state index contributed by atoms with van der Waals surface area (Å²) in [5.74, 6) is 0.343. The van der Waals surface area contributed by atoms with E-state index in [1.807, 2.05) is 0 Å². The maximum absolute atomic E-state index is 12.5. The molecule has 0 bridgehead atoms. The first kappa shape index (κ1) is 15.8. The molecule has 1 amide bonds. The predicted octanol–water partition coefficient (Wildman–Crippen LogP) is 4.29. The molecule has 1 N–H and O–H groups in total. The molecule has 0 unspecified atom stereocenters. The number of ether oxygens (including phenoxy) is 2. The minimum atomic E-state index is -0.419. The van der Waals surface area contributed by atoms with E-state index in [-0.39, 0.29) is 12.6 Å². The highest BCUT2D eigenvalue weighted by atomic mass is 79.9. The molecule has 7 heteroatoms. The van der Waals surface area contributed by atoms with Gasteiger partial charge in [-0.1, -0.05) is 27.5 Å². The second kappa shape index (κ2) is 6.22. The van der Waals surface area contributed by atoms with E-state index in [1.54, 1.807) is 30.3 Å². The summed E-state index contributed by atoms with van der Waals surface area (Å²) in [4.78, 5) is 24.3. The number of nitrogens with one attached hydrogen (secondary N) is 1. The minimum absolute atomic E-state index is 0.0849. The van der Waals surface area contributed by atoms with Crippen LogP contribution < -0.4 is 14.8 Å². The summed E-state index contributed by atoms with van der Waals surface area (Å²) in [6, 6.07) is 8.09. The number of amides is 1. The number of hydrogen-bond donors (Lipinski definition) is 1. The lowest BCUT2D eigenvalue weighted by Crippen LogP contribution is -2.15. The first-order valence-electron chi connectivity index (χ1n) is 6.66. The van der Waals surface area contributed by atoms with Crippen LogP contribution in [-0.4, -0.2) is 18.5 Å². The van der Waals surface area contributed by atoms with Crippen molar-refractivity contribution in [3.63, 3.8) is 0 Å². The Bertz CT molecular complexity index is 822. The van der Waals surface area contributed by atoms with Crippen molar-refractivity contribution >= 4 is 44.9 Å². The lowest BCUT2D eigenvalue weighted by Gasteiger charge is -2.11. The molecule has 0 saturated heterocycles. The standard InChI is InChI=1S/C16H11BrClNO4/c1-8(20)10-5-14-15(23-7-22-14)6-13(10)19-16(21)11-4-9(17)2-3-12(11)18/h2-6H,7H2,1H3,(H,19,21). The molecule has 0 atom stereocenters. The van der Waals surface area contributed by atoms with E-state index in [9.17, 15) is 9.59 Å². The molecule has 0 fully saturated rings. The Morgan fingerprint density at radius 3 is 2.52 bits per heavy atom. The maximum Gasteiger partial charge on any atom is 0.257 e. The molecule has 5 nitrogen and oxygen atoms in total. The normalized spacial score (nSPS) is 12.1. The van der Waals surface area contributed by atoms with Crippen molar-refractivity contribution in [1.82, 2.24) is 0 Å². The number of halogens is 2. The Balaban J connectivity index is 1.97. The summed E-state index contributed by atoms with van der Waals surface area (Å²) < 4.78 is 11.3. The van der Waals surface area contributed by atoms with Gasteiger partial charge in [0, 0.05) is 16.1 Å². The van der Waals surface area contributed by atoms with Gasteiger partial charge in [-0.05, 0) is 31.2 Å². The van der Waals surface area contributed by atoms with E-state index in [0.29, 0.717) is 33.3 Å². The molecule has 1 aliphatic heterocycles. The molecule has 118 valence electrons. The number of rotatable bonds is 3. The average Bonchev–Trinajstić information content (AvgIpc) is 2.95. The highest BCUT2D eigenvalue weighted by Gasteiger charge is 2.21. The van der Waals surface area contributed by atoms with E-state index < -0.39 is 5.91 Å². The smallest absolute Gasteiger partial charge is 0.257 e. The van der Waals surface area contributed by atoms with Crippen molar-refractivity contribution in [3.8, 4) is 11.5 Å². The molecule has 2 aromatic carbocycles. The van der Waals surface area contributed by atoms with E-state index in [2.05, 4.69) is 21.2 Å². The van der Waals surface area contributed by atoms with Crippen molar-refractivity contribution in [2.75, 3.05) is 12.1 Å². The van der Waals surface area contributed by atoms with Crippen molar-refractivity contribution in [3.05, 3.63) is 51.0 Å². The van der Waals surface area contributed by atoms with Crippen LogP contribution >= 0.6 is 27.5 Å².